The average Bonchev–Trinajstić information content (AvgIpc) is 3.13. The quantitative estimate of drug-likeness (QED) is 0.0570. The Labute approximate surface area is 312 Å². The maximum absolute atomic E-state index is 3.79. The van der Waals surface area contributed by atoms with Crippen molar-refractivity contribution in [3.05, 3.63) is 37.0 Å². The second-order valence-corrected chi connectivity index (χ2v) is 12.5. The summed E-state index contributed by atoms with van der Waals surface area (Å²) >= 11 is 0. The van der Waals surface area contributed by atoms with Gasteiger partial charge < -0.3 is 0 Å². The van der Waals surface area contributed by atoms with Crippen LogP contribution in [-0.4, -0.2) is 0 Å². The zero-order valence-electron chi connectivity index (χ0n) is 37.3. The molecule has 0 heteroatoms. The Morgan fingerprint density at radius 3 is 1.10 bits per heavy atom. The van der Waals surface area contributed by atoms with Crippen LogP contribution in [0.1, 0.15) is 270 Å². The van der Waals surface area contributed by atoms with Crippen molar-refractivity contribution in [2.24, 2.45) is 5.92 Å². The Balaban J connectivity index is -0.000000130. The van der Waals surface area contributed by atoms with Gasteiger partial charge in [-0.15, -0.1) is 13.2 Å². The molecule has 0 radical (unpaired) electrons. The molecular weight excluding hydrogens is 577 g/mol. The van der Waals surface area contributed by atoms with Crippen molar-refractivity contribution in [2.75, 3.05) is 0 Å². The lowest BCUT2D eigenvalue weighted by Gasteiger charge is -2.11. The van der Waals surface area contributed by atoms with Gasteiger partial charge in [0.15, 0.2) is 0 Å². The van der Waals surface area contributed by atoms with Crippen LogP contribution in [0.15, 0.2) is 37.0 Å². The Morgan fingerprint density at radius 2 is 0.792 bits per heavy atom. The Morgan fingerprint density at radius 1 is 0.438 bits per heavy atom. The fraction of sp³-hybridized carbons (Fsp3) is 0.875. The van der Waals surface area contributed by atoms with E-state index in [0.29, 0.717) is 0 Å². The van der Waals surface area contributed by atoms with E-state index in [1.54, 1.807) is 0 Å². The van der Waals surface area contributed by atoms with Gasteiger partial charge >= 0.3 is 0 Å². The predicted molar refractivity (Wildman–Crippen MR) is 236 cm³/mol. The molecule has 0 aromatic rings. The van der Waals surface area contributed by atoms with E-state index in [1.165, 1.54) is 179 Å². The first kappa shape index (κ1) is 62.4. The molecule has 0 fully saturated rings. The average molecular weight is 681 g/mol. The molecule has 1 atom stereocenters. The summed E-state index contributed by atoms with van der Waals surface area (Å²) in [6.45, 7) is 36.9. The first-order chi connectivity index (χ1) is 23.5. The van der Waals surface area contributed by atoms with Gasteiger partial charge in [0.2, 0.25) is 0 Å². The van der Waals surface area contributed by atoms with Gasteiger partial charge in [0.05, 0.1) is 0 Å². The third kappa shape index (κ3) is 90.7. The largest absolute Gasteiger partial charge is 0.103 e. The van der Waals surface area contributed by atoms with Crippen LogP contribution in [0.25, 0.3) is 0 Å². The molecule has 0 spiro atoms. The monoisotopic (exact) mass is 681 g/mol. The standard InChI is InChI=1S/C27H54.C7H14.C6H12.4C2H6/c1-4-6-8-10-12-14-16-18-20-22-24-26-27(3)25-23-21-19-17-15-13-11-9-7-5-2;1-4-5-6-7(2)3;1-3-5-6-4-2;4*1-2/h8,10,27H,4-7,9,11-26H2,1-3H3;2,4-6H2,1,3H3;3H,1,4-6H2,2H3;4*1-2H3/b10-8-;;;;;;. The van der Waals surface area contributed by atoms with Gasteiger partial charge in [0, 0.05) is 0 Å². The highest BCUT2D eigenvalue weighted by atomic mass is 14.1. The second kappa shape index (κ2) is 76.2. The Hall–Kier alpha value is -0.780. The van der Waals surface area contributed by atoms with Crippen molar-refractivity contribution in [2.45, 2.75) is 270 Å². The molecule has 0 nitrogen and oxygen atoms in total. The third-order valence-electron chi connectivity index (χ3n) is 7.71. The Kier molecular flexibility index (Phi) is 99.0. The van der Waals surface area contributed by atoms with Crippen molar-refractivity contribution in [3.8, 4) is 0 Å². The fourth-order valence-electron chi connectivity index (χ4n) is 4.82. The van der Waals surface area contributed by atoms with Crippen molar-refractivity contribution >= 4 is 0 Å². The lowest BCUT2D eigenvalue weighted by atomic mass is 9.95. The van der Waals surface area contributed by atoms with Gasteiger partial charge in [0.1, 0.15) is 0 Å². The van der Waals surface area contributed by atoms with E-state index < -0.39 is 0 Å². The van der Waals surface area contributed by atoms with Gasteiger partial charge in [-0.3, -0.25) is 0 Å². The van der Waals surface area contributed by atoms with Crippen LogP contribution in [0.4, 0.5) is 0 Å². The smallest absolute Gasteiger partial charge is 0.0326 e. The Bertz CT molecular complexity index is 470. The first-order valence-electron chi connectivity index (χ1n) is 22.4. The zero-order valence-corrected chi connectivity index (χ0v) is 37.3. The molecule has 0 aliphatic heterocycles. The van der Waals surface area contributed by atoms with Crippen molar-refractivity contribution < 1.29 is 0 Å². The lowest BCUT2D eigenvalue weighted by Crippen LogP contribution is -1.95. The summed E-state index contributed by atoms with van der Waals surface area (Å²) < 4.78 is 0. The molecule has 0 aromatic heterocycles. The molecule has 0 heterocycles. The van der Waals surface area contributed by atoms with E-state index in [-0.39, 0.29) is 0 Å². The van der Waals surface area contributed by atoms with Crippen LogP contribution >= 0.6 is 0 Å². The van der Waals surface area contributed by atoms with Gasteiger partial charge in [-0.1, -0.05) is 249 Å². The highest BCUT2D eigenvalue weighted by molar-refractivity contribution is 4.86. The highest BCUT2D eigenvalue weighted by Gasteiger charge is 2.02. The number of unbranched alkanes of at least 4 members (excludes halogenated alkanes) is 19. The summed E-state index contributed by atoms with van der Waals surface area (Å²) in [5.74, 6) is 0.961. The SMILES string of the molecule is C=C(C)CCCC.C=CCCCC.CC.CC.CC.CC.CCC/C=C\CCCCCCCCC(C)CCCCCCCCCCCC. The molecule has 0 aromatic carbocycles. The van der Waals surface area contributed by atoms with Crippen LogP contribution < -0.4 is 0 Å². The number of hydrogen-bond acceptors (Lipinski definition) is 0. The summed E-state index contributed by atoms with van der Waals surface area (Å²) in [5, 5.41) is 0. The van der Waals surface area contributed by atoms with Crippen molar-refractivity contribution in [3.63, 3.8) is 0 Å². The lowest BCUT2D eigenvalue weighted by molar-refractivity contribution is 0.430. The van der Waals surface area contributed by atoms with E-state index in [2.05, 4.69) is 66.9 Å². The van der Waals surface area contributed by atoms with E-state index in [0.717, 1.165) is 5.92 Å². The summed E-state index contributed by atoms with van der Waals surface area (Å²) in [4.78, 5) is 0. The summed E-state index contributed by atoms with van der Waals surface area (Å²) in [5.41, 5.74) is 1.31. The normalized spacial score (nSPS) is 10.0. The molecule has 0 saturated carbocycles. The molecule has 0 saturated heterocycles. The minimum atomic E-state index is 0.961. The maximum Gasteiger partial charge on any atom is -0.0326 e. The number of rotatable bonds is 28. The first-order valence-corrected chi connectivity index (χ1v) is 22.4. The van der Waals surface area contributed by atoms with Crippen molar-refractivity contribution in [1.82, 2.24) is 0 Å². The molecular formula is C48H104. The molecule has 48 heavy (non-hydrogen) atoms. The van der Waals surface area contributed by atoms with Gasteiger partial charge in [0.25, 0.3) is 0 Å². The minimum Gasteiger partial charge on any atom is -0.103 e. The minimum absolute atomic E-state index is 0.961. The van der Waals surface area contributed by atoms with Gasteiger partial charge in [-0.25, -0.2) is 0 Å². The summed E-state index contributed by atoms with van der Waals surface area (Å²) in [6, 6.07) is 0. The van der Waals surface area contributed by atoms with Crippen LogP contribution in [0.5, 0.6) is 0 Å². The zero-order chi connectivity index (χ0) is 38.4. The second-order valence-electron chi connectivity index (χ2n) is 12.5. The van der Waals surface area contributed by atoms with Crippen LogP contribution in [0, 0.1) is 5.92 Å². The topological polar surface area (TPSA) is 0 Å². The predicted octanol–water partition coefficient (Wildman–Crippen LogP) is 19.6. The highest BCUT2D eigenvalue weighted by Crippen LogP contribution is 2.19. The molecule has 0 aliphatic carbocycles. The third-order valence-corrected chi connectivity index (χ3v) is 7.71. The molecule has 0 rings (SSSR count). The van der Waals surface area contributed by atoms with Crippen LogP contribution in [0.3, 0.4) is 0 Å². The van der Waals surface area contributed by atoms with Crippen molar-refractivity contribution in [1.29, 1.82) is 0 Å². The molecule has 0 N–H and O–H groups in total. The summed E-state index contributed by atoms with van der Waals surface area (Å²) in [6.07, 6.45) is 44.3. The molecule has 0 amide bonds. The van der Waals surface area contributed by atoms with Crippen LogP contribution in [0.2, 0.25) is 0 Å². The molecule has 0 bridgehead atoms. The molecule has 0 aliphatic rings. The summed E-state index contributed by atoms with van der Waals surface area (Å²) in [7, 11) is 0. The van der Waals surface area contributed by atoms with Gasteiger partial charge in [-0.05, 0) is 51.4 Å². The van der Waals surface area contributed by atoms with Crippen LogP contribution in [-0.2, 0) is 0 Å². The number of allylic oxidation sites excluding steroid dienone is 4. The maximum atomic E-state index is 3.79. The van der Waals surface area contributed by atoms with E-state index >= 15 is 0 Å². The molecule has 296 valence electrons. The molecule has 1 unspecified atom stereocenters. The van der Waals surface area contributed by atoms with Gasteiger partial charge in [-0.2, -0.15) is 0 Å². The van der Waals surface area contributed by atoms with E-state index in [1.807, 2.05) is 61.5 Å². The van der Waals surface area contributed by atoms with E-state index in [4.69, 9.17) is 0 Å². The van der Waals surface area contributed by atoms with E-state index in [9.17, 15) is 0 Å². The number of hydrogen-bond donors (Lipinski definition) is 0. The fourth-order valence-corrected chi connectivity index (χ4v) is 4.82.